The molecule has 130 valence electrons. The van der Waals surface area contributed by atoms with Crippen LogP contribution in [0.25, 0.3) is 0 Å². The number of carbonyl (C=O) groups excluding carboxylic acids is 1. The van der Waals surface area contributed by atoms with E-state index in [-0.39, 0.29) is 29.3 Å². The third-order valence-electron chi connectivity index (χ3n) is 4.02. The van der Waals surface area contributed by atoms with Gasteiger partial charge in [0.2, 0.25) is 15.9 Å². The number of carbonyl (C=O) groups is 1. The molecule has 1 saturated heterocycles. The van der Waals surface area contributed by atoms with E-state index < -0.39 is 10.0 Å². The Morgan fingerprint density at radius 1 is 1.30 bits per heavy atom. The molecule has 0 radical (unpaired) electrons. The van der Waals surface area contributed by atoms with Crippen LogP contribution >= 0.6 is 12.4 Å². The Hall–Kier alpha value is -1.15. The highest BCUT2D eigenvalue weighted by atomic mass is 35.5. The topological polar surface area (TPSA) is 78.5 Å². The van der Waals surface area contributed by atoms with Crippen molar-refractivity contribution >= 4 is 34.0 Å². The third kappa shape index (κ3) is 4.67. The van der Waals surface area contributed by atoms with Gasteiger partial charge in [-0.25, -0.2) is 8.42 Å². The highest BCUT2D eigenvalue weighted by Gasteiger charge is 2.29. The van der Waals surface area contributed by atoms with Gasteiger partial charge in [0.25, 0.3) is 0 Å². The molecule has 0 aromatic heterocycles. The number of nitrogens with one attached hydrogen (secondary N) is 2. The van der Waals surface area contributed by atoms with Crippen molar-refractivity contribution in [1.29, 1.82) is 0 Å². The van der Waals surface area contributed by atoms with E-state index in [9.17, 15) is 13.2 Å². The van der Waals surface area contributed by atoms with E-state index in [4.69, 9.17) is 0 Å². The molecule has 0 atom stereocenters. The van der Waals surface area contributed by atoms with E-state index in [1.807, 2.05) is 6.92 Å². The molecule has 6 nitrogen and oxygen atoms in total. The Labute approximate surface area is 144 Å². The van der Waals surface area contributed by atoms with Crippen LogP contribution < -0.4 is 10.6 Å². The quantitative estimate of drug-likeness (QED) is 0.856. The molecule has 0 saturated carbocycles. The summed E-state index contributed by atoms with van der Waals surface area (Å²) in [6.45, 7) is 4.89. The number of aryl methyl sites for hydroxylation is 1. The monoisotopic (exact) mass is 361 g/mol. The van der Waals surface area contributed by atoms with Crippen molar-refractivity contribution in [3.8, 4) is 0 Å². The molecule has 2 N–H and O–H groups in total. The van der Waals surface area contributed by atoms with Crippen LogP contribution in [0.2, 0.25) is 0 Å². The first-order valence-corrected chi connectivity index (χ1v) is 8.83. The van der Waals surface area contributed by atoms with Crippen molar-refractivity contribution in [3.05, 3.63) is 23.8 Å². The zero-order valence-corrected chi connectivity index (χ0v) is 15.3. The van der Waals surface area contributed by atoms with Gasteiger partial charge in [-0.15, -0.1) is 12.4 Å². The largest absolute Gasteiger partial charge is 0.326 e. The van der Waals surface area contributed by atoms with Crippen LogP contribution in [0.1, 0.15) is 25.3 Å². The van der Waals surface area contributed by atoms with Crippen molar-refractivity contribution in [3.63, 3.8) is 0 Å². The smallest absolute Gasteiger partial charge is 0.243 e. The first-order chi connectivity index (χ1) is 10.3. The second kappa shape index (κ2) is 8.10. The fourth-order valence-corrected chi connectivity index (χ4v) is 4.06. The summed E-state index contributed by atoms with van der Waals surface area (Å²) in [6.07, 6.45) is 1.61. The second-order valence-electron chi connectivity index (χ2n) is 5.66. The predicted octanol–water partition coefficient (Wildman–Crippen LogP) is 1.75. The van der Waals surface area contributed by atoms with E-state index >= 15 is 0 Å². The lowest BCUT2D eigenvalue weighted by molar-refractivity contribution is -0.114. The number of halogens is 1. The summed E-state index contributed by atoms with van der Waals surface area (Å²) in [5.41, 5.74) is 1.37. The molecule has 0 unspecified atom stereocenters. The molecule has 1 fully saturated rings. The molecule has 2 rings (SSSR count). The number of nitrogens with zero attached hydrogens (tertiary/aromatic N) is 1. The molecule has 0 bridgehead atoms. The number of sulfonamides is 1. The molecule has 0 aliphatic carbocycles. The molecular weight excluding hydrogens is 338 g/mol. The van der Waals surface area contributed by atoms with E-state index in [0.717, 1.165) is 31.5 Å². The first kappa shape index (κ1) is 19.9. The molecule has 8 heteroatoms. The zero-order chi connectivity index (χ0) is 16.3. The average Bonchev–Trinajstić information content (AvgIpc) is 2.49. The van der Waals surface area contributed by atoms with Crippen LogP contribution in [0.15, 0.2) is 23.1 Å². The van der Waals surface area contributed by atoms with Crippen LogP contribution in [0.4, 0.5) is 5.69 Å². The number of hydrogen-bond acceptors (Lipinski definition) is 4. The van der Waals surface area contributed by atoms with E-state index in [2.05, 4.69) is 10.6 Å². The van der Waals surface area contributed by atoms with Gasteiger partial charge in [-0.2, -0.15) is 4.31 Å². The Balaban J connectivity index is 0.00000264. The fourth-order valence-electron chi connectivity index (χ4n) is 2.62. The Kier molecular flexibility index (Phi) is 7.01. The summed E-state index contributed by atoms with van der Waals surface area (Å²) >= 11 is 0. The molecule has 1 heterocycles. The third-order valence-corrected chi connectivity index (χ3v) is 5.93. The number of amides is 1. The lowest BCUT2D eigenvalue weighted by Crippen LogP contribution is -2.43. The van der Waals surface area contributed by atoms with E-state index in [1.165, 1.54) is 17.3 Å². The summed E-state index contributed by atoms with van der Waals surface area (Å²) in [5.74, 6) is -0.218. The van der Waals surface area contributed by atoms with Gasteiger partial charge in [0.05, 0.1) is 4.90 Å². The second-order valence-corrected chi connectivity index (χ2v) is 7.66. The SMILES string of the molecule is CC(=O)Nc1cc(S(=O)(=O)N(C)C2CCNCC2)ccc1C.Cl. The number of piperidine rings is 1. The molecule has 23 heavy (non-hydrogen) atoms. The Morgan fingerprint density at radius 2 is 1.91 bits per heavy atom. The minimum Gasteiger partial charge on any atom is -0.326 e. The summed E-state index contributed by atoms with van der Waals surface area (Å²) in [5, 5.41) is 5.90. The predicted molar refractivity (Wildman–Crippen MR) is 93.6 cm³/mol. The lowest BCUT2D eigenvalue weighted by Gasteiger charge is -2.31. The number of hydrogen-bond donors (Lipinski definition) is 2. The maximum atomic E-state index is 12.8. The average molecular weight is 362 g/mol. The summed E-state index contributed by atoms with van der Waals surface area (Å²) in [4.78, 5) is 11.4. The Bertz CT molecular complexity index is 658. The van der Waals surface area contributed by atoms with Gasteiger partial charge in [0.15, 0.2) is 0 Å². The van der Waals surface area contributed by atoms with Gasteiger partial charge >= 0.3 is 0 Å². The zero-order valence-electron chi connectivity index (χ0n) is 13.6. The molecule has 1 amide bonds. The van der Waals surface area contributed by atoms with Crippen LogP contribution in [-0.2, 0) is 14.8 Å². The number of rotatable bonds is 4. The van der Waals surface area contributed by atoms with Crippen molar-refractivity contribution < 1.29 is 13.2 Å². The summed E-state index contributed by atoms with van der Waals surface area (Å²) < 4.78 is 27.0. The summed E-state index contributed by atoms with van der Waals surface area (Å²) in [6, 6.07) is 4.85. The van der Waals surface area contributed by atoms with Gasteiger partial charge in [0, 0.05) is 25.7 Å². The van der Waals surface area contributed by atoms with Crippen molar-refractivity contribution in [2.45, 2.75) is 37.6 Å². The fraction of sp³-hybridized carbons (Fsp3) is 0.533. The maximum absolute atomic E-state index is 12.8. The van der Waals surface area contributed by atoms with Gasteiger partial charge < -0.3 is 10.6 Å². The lowest BCUT2D eigenvalue weighted by atomic mass is 10.1. The molecule has 1 aliphatic rings. The standard InChI is InChI=1S/C15H23N3O3S.ClH/c1-11-4-5-14(10-15(11)17-12(2)19)22(20,21)18(3)13-6-8-16-9-7-13;/h4-5,10,13,16H,6-9H2,1-3H3,(H,17,19);1H. The number of anilines is 1. The van der Waals surface area contributed by atoms with Gasteiger partial charge in [0.1, 0.15) is 0 Å². The minimum atomic E-state index is -3.56. The highest BCUT2D eigenvalue weighted by molar-refractivity contribution is 7.89. The molecule has 0 spiro atoms. The van der Waals surface area contributed by atoms with E-state index in [0.29, 0.717) is 5.69 Å². The van der Waals surface area contributed by atoms with Crippen molar-refractivity contribution in [2.24, 2.45) is 0 Å². The van der Waals surface area contributed by atoms with Crippen molar-refractivity contribution in [1.82, 2.24) is 9.62 Å². The minimum absolute atomic E-state index is 0. The molecule has 1 aromatic carbocycles. The van der Waals surface area contributed by atoms with Gasteiger partial charge in [-0.1, -0.05) is 6.07 Å². The summed E-state index contributed by atoms with van der Waals surface area (Å²) in [7, 11) is -1.93. The Morgan fingerprint density at radius 3 is 2.48 bits per heavy atom. The van der Waals surface area contributed by atoms with E-state index in [1.54, 1.807) is 19.2 Å². The normalized spacial score (nSPS) is 16.0. The molecule has 1 aromatic rings. The van der Waals surface area contributed by atoms with Crippen LogP contribution in [0.3, 0.4) is 0 Å². The first-order valence-electron chi connectivity index (χ1n) is 7.39. The molecular formula is C15H24ClN3O3S. The van der Waals surface area contributed by atoms with Crippen LogP contribution in [0, 0.1) is 6.92 Å². The van der Waals surface area contributed by atoms with Crippen molar-refractivity contribution in [2.75, 3.05) is 25.5 Å². The van der Waals surface area contributed by atoms with Gasteiger partial charge in [-0.3, -0.25) is 4.79 Å². The van der Waals surface area contributed by atoms with Gasteiger partial charge in [-0.05, 0) is 50.6 Å². The highest BCUT2D eigenvalue weighted by Crippen LogP contribution is 2.25. The van der Waals surface area contributed by atoms with Crippen LogP contribution in [0.5, 0.6) is 0 Å². The maximum Gasteiger partial charge on any atom is 0.243 e. The number of benzene rings is 1. The van der Waals surface area contributed by atoms with Crippen LogP contribution in [-0.4, -0.2) is 44.8 Å². The molecule has 1 aliphatic heterocycles.